The Hall–Kier alpha value is -1.57. The second-order valence-corrected chi connectivity index (χ2v) is 6.14. The summed E-state index contributed by atoms with van der Waals surface area (Å²) in [7, 11) is 0. The molecule has 1 unspecified atom stereocenters. The van der Waals surface area contributed by atoms with E-state index in [1.807, 2.05) is 30.3 Å². The highest BCUT2D eigenvalue weighted by Crippen LogP contribution is 2.20. The molecule has 1 aromatic rings. The molecule has 0 aliphatic heterocycles. The predicted molar refractivity (Wildman–Crippen MR) is 79.3 cm³/mol. The summed E-state index contributed by atoms with van der Waals surface area (Å²) >= 11 is 0. The summed E-state index contributed by atoms with van der Waals surface area (Å²) in [4.78, 5) is 0. The lowest BCUT2D eigenvalue weighted by atomic mass is 9.89. The number of hydrogen-bond acceptors (Lipinski definition) is 4. The molecule has 0 fully saturated rings. The molecule has 0 heterocycles. The fourth-order valence-corrected chi connectivity index (χ4v) is 2.02. The smallest absolute Gasteiger partial charge is 0.174 e. The van der Waals surface area contributed by atoms with Gasteiger partial charge in [-0.25, -0.2) is 0 Å². The Balaban J connectivity index is 2.36. The molecule has 1 rings (SSSR count). The van der Waals surface area contributed by atoms with Gasteiger partial charge in [0.2, 0.25) is 0 Å². The number of aliphatic hydroxyl groups excluding tert-OH is 1. The maximum atomic E-state index is 9.91. The summed E-state index contributed by atoms with van der Waals surface area (Å²) in [5.41, 5.74) is 1.20. The zero-order chi connectivity index (χ0) is 15.0. The van der Waals surface area contributed by atoms with Gasteiger partial charge in [-0.2, -0.15) is 5.26 Å². The number of aliphatic hydroxyl groups is 1. The van der Waals surface area contributed by atoms with E-state index in [0.717, 1.165) is 12.0 Å². The lowest BCUT2D eigenvalue weighted by molar-refractivity contribution is 0.119. The van der Waals surface area contributed by atoms with E-state index in [9.17, 15) is 5.11 Å². The van der Waals surface area contributed by atoms with Gasteiger partial charge in [-0.1, -0.05) is 32.9 Å². The van der Waals surface area contributed by atoms with E-state index in [4.69, 9.17) is 10.00 Å². The van der Waals surface area contributed by atoms with Crippen molar-refractivity contribution >= 4 is 0 Å². The van der Waals surface area contributed by atoms with Crippen LogP contribution in [0.4, 0.5) is 0 Å². The SMILES string of the molecule is CC(C)(C)CC(O)CNCc1cccc(OCC#N)c1. The highest BCUT2D eigenvalue weighted by atomic mass is 16.5. The Morgan fingerprint density at radius 2 is 2.15 bits per heavy atom. The Kier molecular flexibility index (Phi) is 6.50. The molecule has 2 N–H and O–H groups in total. The van der Waals surface area contributed by atoms with Gasteiger partial charge in [0.1, 0.15) is 11.8 Å². The average Bonchev–Trinajstić information content (AvgIpc) is 2.34. The number of ether oxygens (including phenoxy) is 1. The van der Waals surface area contributed by atoms with Gasteiger partial charge in [0.25, 0.3) is 0 Å². The van der Waals surface area contributed by atoms with Gasteiger partial charge in [-0.3, -0.25) is 0 Å². The first-order valence-corrected chi connectivity index (χ1v) is 6.88. The third-order valence-electron chi connectivity index (χ3n) is 2.76. The highest BCUT2D eigenvalue weighted by molar-refractivity contribution is 5.28. The normalized spacial score (nSPS) is 12.8. The van der Waals surface area contributed by atoms with Crippen LogP contribution in [0.15, 0.2) is 24.3 Å². The van der Waals surface area contributed by atoms with Gasteiger partial charge < -0.3 is 15.2 Å². The Labute approximate surface area is 121 Å². The molecule has 0 aliphatic rings. The molecular weight excluding hydrogens is 252 g/mol. The summed E-state index contributed by atoms with van der Waals surface area (Å²) in [6.07, 6.45) is 0.429. The van der Waals surface area contributed by atoms with Crippen molar-refractivity contribution in [3.8, 4) is 11.8 Å². The molecule has 110 valence electrons. The average molecular weight is 276 g/mol. The van der Waals surface area contributed by atoms with E-state index in [2.05, 4.69) is 26.1 Å². The van der Waals surface area contributed by atoms with E-state index in [0.29, 0.717) is 18.8 Å². The molecule has 4 heteroatoms. The van der Waals surface area contributed by atoms with Gasteiger partial charge in [0.15, 0.2) is 6.61 Å². The van der Waals surface area contributed by atoms with Gasteiger partial charge in [0, 0.05) is 13.1 Å². The van der Waals surface area contributed by atoms with Crippen molar-refractivity contribution in [2.75, 3.05) is 13.2 Å². The molecular formula is C16H24N2O2. The van der Waals surface area contributed by atoms with Crippen molar-refractivity contribution < 1.29 is 9.84 Å². The molecule has 20 heavy (non-hydrogen) atoms. The molecule has 4 nitrogen and oxygen atoms in total. The van der Waals surface area contributed by atoms with Gasteiger partial charge in [-0.15, -0.1) is 0 Å². The Morgan fingerprint density at radius 3 is 2.80 bits per heavy atom. The molecule has 0 saturated heterocycles. The minimum atomic E-state index is -0.340. The molecule has 1 aromatic carbocycles. The van der Waals surface area contributed by atoms with Crippen LogP contribution in [0.25, 0.3) is 0 Å². The molecule has 0 radical (unpaired) electrons. The van der Waals surface area contributed by atoms with Crippen LogP contribution in [0.3, 0.4) is 0 Å². The number of hydrogen-bond donors (Lipinski definition) is 2. The lowest BCUT2D eigenvalue weighted by Gasteiger charge is -2.22. The number of nitrogens with one attached hydrogen (secondary N) is 1. The number of nitriles is 1. The van der Waals surface area contributed by atoms with Crippen molar-refractivity contribution in [2.24, 2.45) is 5.41 Å². The van der Waals surface area contributed by atoms with Crippen molar-refractivity contribution in [3.63, 3.8) is 0 Å². The third kappa shape index (κ3) is 7.13. The van der Waals surface area contributed by atoms with Crippen LogP contribution in [-0.4, -0.2) is 24.4 Å². The molecule has 0 saturated carbocycles. The van der Waals surface area contributed by atoms with Gasteiger partial charge in [0.05, 0.1) is 6.10 Å². The summed E-state index contributed by atoms with van der Waals surface area (Å²) in [6, 6.07) is 9.56. The summed E-state index contributed by atoms with van der Waals surface area (Å²) in [6.45, 7) is 7.65. The maximum absolute atomic E-state index is 9.91. The van der Waals surface area contributed by atoms with Crippen molar-refractivity contribution in [1.29, 1.82) is 5.26 Å². The first-order chi connectivity index (χ1) is 9.40. The van der Waals surface area contributed by atoms with Crippen LogP contribution in [0, 0.1) is 16.7 Å². The second-order valence-electron chi connectivity index (χ2n) is 6.14. The predicted octanol–water partition coefficient (Wildman–Crippen LogP) is 2.48. The quantitative estimate of drug-likeness (QED) is 0.803. The zero-order valence-corrected chi connectivity index (χ0v) is 12.5. The molecule has 0 amide bonds. The second kappa shape index (κ2) is 7.88. The van der Waals surface area contributed by atoms with Crippen molar-refractivity contribution in [3.05, 3.63) is 29.8 Å². The summed E-state index contributed by atoms with van der Waals surface area (Å²) in [5, 5.41) is 21.6. The molecule has 1 atom stereocenters. The fourth-order valence-electron chi connectivity index (χ4n) is 2.02. The Bertz CT molecular complexity index is 447. The highest BCUT2D eigenvalue weighted by Gasteiger charge is 2.16. The van der Waals surface area contributed by atoms with Gasteiger partial charge >= 0.3 is 0 Å². The van der Waals surface area contributed by atoms with E-state index in [-0.39, 0.29) is 18.1 Å². The minimum Gasteiger partial charge on any atom is -0.479 e. The molecule has 0 spiro atoms. The van der Waals surface area contributed by atoms with Crippen LogP contribution >= 0.6 is 0 Å². The Morgan fingerprint density at radius 1 is 1.40 bits per heavy atom. The zero-order valence-electron chi connectivity index (χ0n) is 12.5. The molecule has 0 bridgehead atoms. The van der Waals surface area contributed by atoms with E-state index < -0.39 is 0 Å². The molecule has 0 aliphatic carbocycles. The van der Waals surface area contributed by atoms with Crippen LogP contribution in [0.1, 0.15) is 32.8 Å². The number of rotatable bonds is 7. The van der Waals surface area contributed by atoms with E-state index >= 15 is 0 Å². The van der Waals surface area contributed by atoms with E-state index in [1.165, 1.54) is 0 Å². The number of nitrogens with zero attached hydrogens (tertiary/aromatic N) is 1. The minimum absolute atomic E-state index is 0.0567. The monoisotopic (exact) mass is 276 g/mol. The third-order valence-corrected chi connectivity index (χ3v) is 2.76. The first kappa shape index (κ1) is 16.5. The van der Waals surface area contributed by atoms with Crippen molar-refractivity contribution in [1.82, 2.24) is 5.32 Å². The topological polar surface area (TPSA) is 65.3 Å². The van der Waals surface area contributed by atoms with Gasteiger partial charge in [-0.05, 0) is 29.5 Å². The first-order valence-electron chi connectivity index (χ1n) is 6.88. The van der Waals surface area contributed by atoms with Crippen LogP contribution in [0.5, 0.6) is 5.75 Å². The van der Waals surface area contributed by atoms with Crippen LogP contribution in [0.2, 0.25) is 0 Å². The lowest BCUT2D eigenvalue weighted by Crippen LogP contribution is -2.29. The molecule has 0 aromatic heterocycles. The largest absolute Gasteiger partial charge is 0.479 e. The number of benzene rings is 1. The van der Waals surface area contributed by atoms with Crippen LogP contribution < -0.4 is 10.1 Å². The van der Waals surface area contributed by atoms with Crippen LogP contribution in [-0.2, 0) is 6.54 Å². The standard InChI is InChI=1S/C16H24N2O2/c1-16(2,3)10-14(19)12-18-11-13-5-4-6-15(9-13)20-8-7-17/h4-6,9,14,18-19H,8,10-12H2,1-3H3. The van der Waals surface area contributed by atoms with E-state index in [1.54, 1.807) is 0 Å². The summed E-state index contributed by atoms with van der Waals surface area (Å²) < 4.78 is 5.25. The fraction of sp³-hybridized carbons (Fsp3) is 0.562. The summed E-state index contributed by atoms with van der Waals surface area (Å²) in [5.74, 6) is 0.695. The van der Waals surface area contributed by atoms with Crippen molar-refractivity contribution in [2.45, 2.75) is 39.8 Å². The maximum Gasteiger partial charge on any atom is 0.174 e.